The Morgan fingerprint density at radius 2 is 1.78 bits per heavy atom. The van der Waals surface area contributed by atoms with Crippen LogP contribution in [-0.2, 0) is 9.47 Å². The van der Waals surface area contributed by atoms with Gasteiger partial charge in [-0.15, -0.1) is 0 Å². The van der Waals surface area contributed by atoms with E-state index < -0.39 is 43.3 Å². The number of carbonyl (C=O) groups is 1. The van der Waals surface area contributed by atoms with E-state index in [1.165, 1.54) is 24.3 Å². The number of rotatable bonds is 5. The molecule has 0 unspecified atom stereocenters. The lowest BCUT2D eigenvalue weighted by Gasteiger charge is -2.39. The summed E-state index contributed by atoms with van der Waals surface area (Å²) in [5.41, 5.74) is 0.341. The molecule has 0 aromatic heterocycles. The third-order valence-electron chi connectivity index (χ3n) is 3.47. The van der Waals surface area contributed by atoms with Gasteiger partial charge in [0.05, 0.1) is 18.8 Å². The van der Waals surface area contributed by atoms with E-state index in [1.54, 1.807) is 6.92 Å². The van der Waals surface area contributed by atoms with Crippen molar-refractivity contribution in [3.05, 3.63) is 29.8 Å². The minimum absolute atomic E-state index is 0.266. The Hall–Kier alpha value is -1.71. The molecule has 0 bridgehead atoms. The molecule has 8 heteroatoms. The lowest BCUT2D eigenvalue weighted by atomic mass is 9.99. The molecule has 1 aliphatic rings. The molecule has 0 amide bonds. The molecule has 4 N–H and O–H groups in total. The van der Waals surface area contributed by atoms with Crippen molar-refractivity contribution in [1.29, 1.82) is 0 Å². The van der Waals surface area contributed by atoms with Crippen LogP contribution in [0.25, 0.3) is 0 Å². The zero-order valence-electron chi connectivity index (χ0n) is 12.5. The van der Waals surface area contributed by atoms with Gasteiger partial charge in [0, 0.05) is 0 Å². The van der Waals surface area contributed by atoms with E-state index in [4.69, 9.17) is 19.3 Å². The molecule has 0 spiro atoms. The van der Waals surface area contributed by atoms with Crippen LogP contribution >= 0.6 is 0 Å². The fourth-order valence-corrected chi connectivity index (χ4v) is 2.18. The highest BCUT2D eigenvalue weighted by atomic mass is 16.7. The molecular formula is C15H20O8. The summed E-state index contributed by atoms with van der Waals surface area (Å²) in [6.07, 6.45) is -6.75. The molecule has 0 aliphatic carbocycles. The van der Waals surface area contributed by atoms with Crippen molar-refractivity contribution in [2.45, 2.75) is 37.6 Å². The van der Waals surface area contributed by atoms with Crippen molar-refractivity contribution < 1.29 is 39.4 Å². The zero-order chi connectivity index (χ0) is 17.0. The molecule has 1 aromatic carbocycles. The molecule has 0 radical (unpaired) electrons. The molecule has 128 valence electrons. The van der Waals surface area contributed by atoms with Gasteiger partial charge in [-0.05, 0) is 31.2 Å². The van der Waals surface area contributed by atoms with Gasteiger partial charge < -0.3 is 34.6 Å². The third-order valence-corrected chi connectivity index (χ3v) is 3.47. The van der Waals surface area contributed by atoms with E-state index in [1.807, 2.05) is 0 Å². The zero-order valence-corrected chi connectivity index (χ0v) is 12.5. The standard InChI is InChI=1S/C15H20O8/c1-2-21-14(20)8-3-5-9(6-4-8)22-15-13(19)12(18)11(17)10(7-16)23-15/h3-6,10-13,15-19H,2,7H2,1H3/t10-,11-,12-,13+,15-/m1/s1. The van der Waals surface area contributed by atoms with E-state index in [9.17, 15) is 20.1 Å². The SMILES string of the molecule is CCOC(=O)c1ccc(O[C@@H]2O[C@H](CO)[C@@H](O)[C@@H](O)[C@@H]2O)cc1. The quantitative estimate of drug-likeness (QED) is 0.509. The first-order valence-corrected chi connectivity index (χ1v) is 7.22. The Bertz CT molecular complexity index is 515. The lowest BCUT2D eigenvalue weighted by molar-refractivity contribution is -0.277. The van der Waals surface area contributed by atoms with Gasteiger partial charge in [0.2, 0.25) is 6.29 Å². The van der Waals surface area contributed by atoms with E-state index in [-0.39, 0.29) is 12.4 Å². The summed E-state index contributed by atoms with van der Waals surface area (Å²) < 4.78 is 15.5. The van der Waals surface area contributed by atoms with E-state index in [2.05, 4.69) is 0 Å². The first kappa shape index (κ1) is 17.6. The van der Waals surface area contributed by atoms with Gasteiger partial charge in [-0.25, -0.2) is 4.79 Å². The molecule has 1 fully saturated rings. The number of ether oxygens (including phenoxy) is 3. The number of aliphatic hydroxyl groups is 4. The van der Waals surface area contributed by atoms with Gasteiger partial charge in [0.15, 0.2) is 0 Å². The summed E-state index contributed by atoms with van der Waals surface area (Å²) >= 11 is 0. The Labute approximate surface area is 132 Å². The molecule has 5 atom stereocenters. The Morgan fingerprint density at radius 3 is 2.35 bits per heavy atom. The van der Waals surface area contributed by atoms with Crippen LogP contribution in [0.4, 0.5) is 0 Å². The monoisotopic (exact) mass is 328 g/mol. The van der Waals surface area contributed by atoms with Crippen LogP contribution in [0.1, 0.15) is 17.3 Å². The molecule has 23 heavy (non-hydrogen) atoms. The van der Waals surface area contributed by atoms with Gasteiger partial charge in [-0.1, -0.05) is 0 Å². The summed E-state index contributed by atoms with van der Waals surface area (Å²) in [6.45, 7) is 1.43. The number of hydrogen-bond acceptors (Lipinski definition) is 8. The second-order valence-corrected chi connectivity index (χ2v) is 5.06. The lowest BCUT2D eigenvalue weighted by Crippen LogP contribution is -2.60. The van der Waals surface area contributed by atoms with Crippen molar-refractivity contribution in [3.63, 3.8) is 0 Å². The summed E-state index contributed by atoms with van der Waals surface area (Å²) in [4.78, 5) is 11.5. The molecule has 1 saturated heterocycles. The van der Waals surface area contributed by atoms with Gasteiger partial charge in [0.25, 0.3) is 0 Å². The van der Waals surface area contributed by atoms with Crippen LogP contribution in [0.2, 0.25) is 0 Å². The second kappa shape index (κ2) is 7.71. The van der Waals surface area contributed by atoms with Crippen molar-refractivity contribution in [2.75, 3.05) is 13.2 Å². The van der Waals surface area contributed by atoms with Gasteiger partial charge in [-0.3, -0.25) is 0 Å². The maximum atomic E-state index is 11.5. The largest absolute Gasteiger partial charge is 0.462 e. The number of hydrogen-bond donors (Lipinski definition) is 4. The second-order valence-electron chi connectivity index (χ2n) is 5.06. The summed E-state index contributed by atoms with van der Waals surface area (Å²) in [7, 11) is 0. The predicted octanol–water partition coefficient (Wildman–Crippen LogP) is -0.958. The Kier molecular flexibility index (Phi) is 5.91. The molecule has 2 rings (SSSR count). The number of carbonyl (C=O) groups excluding carboxylic acids is 1. The summed E-state index contributed by atoms with van der Waals surface area (Å²) in [5.74, 6) is -0.186. The van der Waals surface area contributed by atoms with Gasteiger partial charge >= 0.3 is 5.97 Å². The van der Waals surface area contributed by atoms with Crippen LogP contribution in [0, 0.1) is 0 Å². The highest BCUT2D eigenvalue weighted by molar-refractivity contribution is 5.89. The summed E-state index contributed by atoms with van der Waals surface area (Å²) in [5, 5.41) is 38.4. The summed E-state index contributed by atoms with van der Waals surface area (Å²) in [6, 6.07) is 5.93. The van der Waals surface area contributed by atoms with Crippen molar-refractivity contribution >= 4 is 5.97 Å². The van der Waals surface area contributed by atoms with E-state index >= 15 is 0 Å². The fraction of sp³-hybridized carbons (Fsp3) is 0.533. The smallest absolute Gasteiger partial charge is 0.338 e. The van der Waals surface area contributed by atoms with Crippen LogP contribution in [0.15, 0.2) is 24.3 Å². The maximum Gasteiger partial charge on any atom is 0.338 e. The highest BCUT2D eigenvalue weighted by Gasteiger charge is 2.44. The van der Waals surface area contributed by atoms with Crippen molar-refractivity contribution in [3.8, 4) is 5.75 Å². The number of aliphatic hydroxyl groups excluding tert-OH is 4. The minimum Gasteiger partial charge on any atom is -0.462 e. The fourth-order valence-electron chi connectivity index (χ4n) is 2.18. The molecule has 1 aromatic rings. The number of benzene rings is 1. The van der Waals surface area contributed by atoms with E-state index in [0.29, 0.717) is 5.56 Å². The normalized spacial score (nSPS) is 30.7. The van der Waals surface area contributed by atoms with E-state index in [0.717, 1.165) is 0 Å². The first-order chi connectivity index (χ1) is 11.0. The molecule has 8 nitrogen and oxygen atoms in total. The van der Waals surface area contributed by atoms with Crippen LogP contribution in [-0.4, -0.2) is 70.3 Å². The molecular weight excluding hydrogens is 308 g/mol. The van der Waals surface area contributed by atoms with Gasteiger partial charge in [0.1, 0.15) is 30.2 Å². The van der Waals surface area contributed by atoms with Crippen LogP contribution in [0.5, 0.6) is 5.75 Å². The topological polar surface area (TPSA) is 126 Å². The van der Waals surface area contributed by atoms with Gasteiger partial charge in [-0.2, -0.15) is 0 Å². The van der Waals surface area contributed by atoms with Crippen molar-refractivity contribution in [2.24, 2.45) is 0 Å². The molecule has 1 heterocycles. The highest BCUT2D eigenvalue weighted by Crippen LogP contribution is 2.24. The average molecular weight is 328 g/mol. The number of esters is 1. The molecule has 1 aliphatic heterocycles. The first-order valence-electron chi connectivity index (χ1n) is 7.22. The molecule has 0 saturated carbocycles. The Balaban J connectivity index is 2.04. The minimum atomic E-state index is -1.51. The Morgan fingerprint density at radius 1 is 1.13 bits per heavy atom. The van der Waals surface area contributed by atoms with Crippen LogP contribution < -0.4 is 4.74 Å². The predicted molar refractivity (Wildman–Crippen MR) is 76.8 cm³/mol. The average Bonchev–Trinajstić information content (AvgIpc) is 2.56. The van der Waals surface area contributed by atoms with Crippen LogP contribution in [0.3, 0.4) is 0 Å². The maximum absolute atomic E-state index is 11.5. The third kappa shape index (κ3) is 3.98. The van der Waals surface area contributed by atoms with Crippen molar-refractivity contribution in [1.82, 2.24) is 0 Å².